The zero-order valence-electron chi connectivity index (χ0n) is 32.5. The van der Waals surface area contributed by atoms with Gasteiger partial charge in [-0.2, -0.15) is 0 Å². The molecule has 3 N–H and O–H groups in total. The highest BCUT2D eigenvalue weighted by Gasteiger charge is 2.44. The second kappa shape index (κ2) is 25.6. The van der Waals surface area contributed by atoms with Crippen LogP contribution < -0.4 is 10.6 Å². The van der Waals surface area contributed by atoms with Crippen LogP contribution in [-0.4, -0.2) is 150 Å². The molecule has 3 atom stereocenters. The fourth-order valence-corrected chi connectivity index (χ4v) is 6.31. The van der Waals surface area contributed by atoms with Crippen molar-refractivity contribution in [3.05, 3.63) is 41.0 Å². The van der Waals surface area contributed by atoms with Crippen LogP contribution in [0.1, 0.15) is 38.4 Å². The second-order valence-corrected chi connectivity index (χ2v) is 14.7. The summed E-state index contributed by atoms with van der Waals surface area (Å²) in [4.78, 5) is 46.7. The number of β-amino-alcohol motifs (C(OH)–C–C–N with tert-alkyl or cyclic N) is 1. The lowest BCUT2D eigenvalue weighted by molar-refractivity contribution is -0.144. The average molecular weight is 791 g/mol. The molecule has 0 bridgehead atoms. The molecule has 0 radical (unpaired) electrons. The number of nitrogens with zero attached hydrogens (tertiary/aromatic N) is 2. The number of carbonyl (C=O) groups is 3. The van der Waals surface area contributed by atoms with Gasteiger partial charge in [0.15, 0.2) is 0 Å². The van der Waals surface area contributed by atoms with Crippen molar-refractivity contribution in [2.75, 3.05) is 99.0 Å². The van der Waals surface area contributed by atoms with Gasteiger partial charge in [0.1, 0.15) is 25.3 Å². The van der Waals surface area contributed by atoms with Gasteiger partial charge in [-0.3, -0.25) is 14.4 Å². The van der Waals surface area contributed by atoms with E-state index >= 15 is 0 Å². The molecule has 1 aromatic carbocycles. The van der Waals surface area contributed by atoms with Crippen LogP contribution in [0.3, 0.4) is 0 Å². The van der Waals surface area contributed by atoms with Gasteiger partial charge in [0, 0.05) is 19.5 Å². The molecule has 15 nitrogen and oxygen atoms in total. The van der Waals surface area contributed by atoms with E-state index in [1.165, 1.54) is 4.90 Å². The summed E-state index contributed by atoms with van der Waals surface area (Å²) < 4.78 is 37.8. The number of terminal acetylenes is 1. The first-order chi connectivity index (χ1) is 26.5. The number of hydrogen-bond donors (Lipinski definition) is 3. The predicted octanol–water partition coefficient (Wildman–Crippen LogP) is 1.98. The Morgan fingerprint density at radius 2 is 1.42 bits per heavy atom. The summed E-state index contributed by atoms with van der Waals surface area (Å²) in [6.45, 7) is 12.5. The molecule has 1 aliphatic rings. The molecule has 0 aliphatic carbocycles. The monoisotopic (exact) mass is 790 g/mol. The highest BCUT2D eigenvalue weighted by atomic mass is 32.1. The Kier molecular flexibility index (Phi) is 21.4. The van der Waals surface area contributed by atoms with Crippen LogP contribution in [0.15, 0.2) is 29.8 Å². The van der Waals surface area contributed by atoms with Gasteiger partial charge in [0.2, 0.25) is 17.7 Å². The smallest absolute Gasteiger partial charge is 0.246 e. The number of amides is 3. The van der Waals surface area contributed by atoms with Crippen LogP contribution >= 0.6 is 11.3 Å². The number of thiazole rings is 1. The van der Waals surface area contributed by atoms with Crippen molar-refractivity contribution in [1.82, 2.24) is 20.5 Å². The molecule has 0 saturated carbocycles. The first-order valence-electron chi connectivity index (χ1n) is 18.5. The van der Waals surface area contributed by atoms with Crippen molar-refractivity contribution in [2.45, 2.75) is 58.8 Å². The number of aliphatic hydroxyl groups excluding tert-OH is 1. The summed E-state index contributed by atoms with van der Waals surface area (Å²) in [6, 6.07) is 6.03. The molecule has 1 aromatic heterocycles. The molecule has 1 aliphatic heterocycles. The van der Waals surface area contributed by atoms with Crippen molar-refractivity contribution in [2.24, 2.45) is 5.41 Å². The van der Waals surface area contributed by atoms with Crippen molar-refractivity contribution in [3.8, 4) is 22.8 Å². The van der Waals surface area contributed by atoms with E-state index in [2.05, 4.69) is 21.5 Å². The number of aromatic nitrogens is 1. The van der Waals surface area contributed by atoms with Crippen LogP contribution in [-0.2, 0) is 54.1 Å². The maximum Gasteiger partial charge on any atom is 0.246 e. The summed E-state index contributed by atoms with van der Waals surface area (Å²) in [5, 5.41) is 16.2. The third-order valence-corrected chi connectivity index (χ3v) is 9.34. The highest BCUT2D eigenvalue weighted by molar-refractivity contribution is 7.13. The number of rotatable bonds is 27. The van der Waals surface area contributed by atoms with E-state index < -0.39 is 35.4 Å². The van der Waals surface area contributed by atoms with Crippen LogP contribution in [0.2, 0.25) is 0 Å². The topological polar surface area (TPSA) is 176 Å². The lowest BCUT2D eigenvalue weighted by atomic mass is 9.85. The molecule has 1 saturated heterocycles. The fraction of sp³-hybridized carbons (Fsp3) is 0.641. The van der Waals surface area contributed by atoms with E-state index in [0.717, 1.165) is 21.7 Å². The zero-order valence-corrected chi connectivity index (χ0v) is 33.4. The number of ether oxygens (including phenoxy) is 7. The summed E-state index contributed by atoms with van der Waals surface area (Å²) in [7, 11) is 0. The van der Waals surface area contributed by atoms with Gasteiger partial charge >= 0.3 is 0 Å². The van der Waals surface area contributed by atoms with Crippen LogP contribution in [0, 0.1) is 24.7 Å². The Morgan fingerprint density at radius 3 is 1.91 bits per heavy atom. The van der Waals surface area contributed by atoms with Crippen molar-refractivity contribution >= 4 is 29.1 Å². The van der Waals surface area contributed by atoms with E-state index in [9.17, 15) is 19.5 Å². The maximum absolute atomic E-state index is 13.8. The molecule has 2 heterocycles. The van der Waals surface area contributed by atoms with E-state index in [0.29, 0.717) is 66.1 Å². The molecule has 55 heavy (non-hydrogen) atoms. The lowest BCUT2D eigenvalue weighted by Gasteiger charge is -2.35. The zero-order chi connectivity index (χ0) is 39.9. The van der Waals surface area contributed by atoms with E-state index in [1.807, 2.05) is 57.5 Å². The molecule has 3 rings (SSSR count). The number of aryl methyl sites for hydroxylation is 1. The molecule has 306 valence electrons. The number of benzene rings is 1. The molecule has 2 aromatic rings. The summed E-state index contributed by atoms with van der Waals surface area (Å²) in [5.41, 5.74) is 4.04. The van der Waals surface area contributed by atoms with Gasteiger partial charge < -0.3 is 53.8 Å². The third-order valence-electron chi connectivity index (χ3n) is 8.36. The Bertz CT molecular complexity index is 1460. The number of nitrogens with one attached hydrogen (secondary N) is 2. The van der Waals surface area contributed by atoms with Gasteiger partial charge in [-0.05, 0) is 23.5 Å². The molecule has 0 unspecified atom stereocenters. The fourth-order valence-electron chi connectivity index (χ4n) is 5.50. The van der Waals surface area contributed by atoms with Crippen LogP contribution in [0.4, 0.5) is 0 Å². The van der Waals surface area contributed by atoms with Gasteiger partial charge in [-0.1, -0.05) is 51.0 Å². The Balaban J connectivity index is 1.27. The lowest BCUT2D eigenvalue weighted by Crippen LogP contribution is -2.58. The second-order valence-electron chi connectivity index (χ2n) is 13.8. The van der Waals surface area contributed by atoms with Crippen molar-refractivity contribution < 1.29 is 52.6 Å². The summed E-state index contributed by atoms with van der Waals surface area (Å²) >= 11 is 1.57. The highest BCUT2D eigenvalue weighted by Crippen LogP contribution is 2.28. The molecule has 1 fully saturated rings. The molecular weight excluding hydrogens is 733 g/mol. The number of hydrogen-bond acceptors (Lipinski definition) is 13. The predicted molar refractivity (Wildman–Crippen MR) is 206 cm³/mol. The largest absolute Gasteiger partial charge is 0.391 e. The first-order valence-corrected chi connectivity index (χ1v) is 19.4. The third kappa shape index (κ3) is 17.5. The van der Waals surface area contributed by atoms with Gasteiger partial charge in [-0.25, -0.2) is 4.98 Å². The SMILES string of the molecule is C#CCOCCOCCOCCOCCOCCOCCOCC(=O)N[C@H](C(=O)N1C[C@H](O)C[C@H]1C(=O)NCc1ccc(-c2scnc2C)cc1)C(C)(C)C. The summed E-state index contributed by atoms with van der Waals surface area (Å²) in [6.07, 6.45) is 4.33. The quantitative estimate of drug-likeness (QED) is 0.0888. The minimum atomic E-state index is -0.952. The van der Waals surface area contributed by atoms with Gasteiger partial charge in [-0.15, -0.1) is 17.8 Å². The average Bonchev–Trinajstić information content (AvgIpc) is 3.78. The number of likely N-dealkylation sites (tertiary alicyclic amines) is 1. The normalized spacial score (nSPS) is 16.2. The number of carbonyl (C=O) groups excluding carboxylic acids is 3. The first kappa shape index (κ1) is 45.9. The van der Waals surface area contributed by atoms with Crippen molar-refractivity contribution in [1.29, 1.82) is 0 Å². The van der Waals surface area contributed by atoms with Crippen LogP contribution in [0.25, 0.3) is 10.4 Å². The molecule has 3 amide bonds. The van der Waals surface area contributed by atoms with Crippen molar-refractivity contribution in [3.63, 3.8) is 0 Å². The van der Waals surface area contributed by atoms with E-state index in [1.54, 1.807) is 11.3 Å². The molecule has 0 spiro atoms. The Hall–Kier alpha value is -3.50. The van der Waals surface area contributed by atoms with Crippen LogP contribution in [0.5, 0.6) is 0 Å². The van der Waals surface area contributed by atoms with E-state index in [-0.39, 0.29) is 51.8 Å². The Labute approximate surface area is 328 Å². The minimum Gasteiger partial charge on any atom is -0.391 e. The van der Waals surface area contributed by atoms with E-state index in [4.69, 9.17) is 39.6 Å². The molecular formula is C39H58N4O11S. The van der Waals surface area contributed by atoms with Gasteiger partial charge in [0.05, 0.1) is 101 Å². The maximum atomic E-state index is 13.8. The minimum absolute atomic E-state index is 0.00920. The standard InChI is InChI=1S/C39H58N4O11S/c1-6-11-48-12-13-49-14-15-50-16-17-51-18-19-52-20-21-53-22-23-54-27-34(45)42-36(39(3,4)5)38(47)43-26-32(44)24-33(43)37(46)40-25-30-7-9-31(10-8-30)35-29(2)41-28-55-35/h1,7-10,28,32-33,36,44H,11-27H2,2-5H3,(H,40,46)(H,42,45)/t32-,33+,36-/m1/s1. The molecule has 16 heteroatoms. The number of aliphatic hydroxyl groups is 1. The summed E-state index contributed by atoms with van der Waals surface area (Å²) in [5.74, 6) is 1.10. The Morgan fingerprint density at radius 1 is 0.891 bits per heavy atom. The van der Waals surface area contributed by atoms with Gasteiger partial charge in [0.25, 0.3) is 0 Å².